The zero-order valence-electron chi connectivity index (χ0n) is 9.20. The fourth-order valence-electron chi connectivity index (χ4n) is 2.01. The third-order valence-corrected chi connectivity index (χ3v) is 2.74. The van der Waals surface area contributed by atoms with Crippen molar-refractivity contribution in [2.75, 3.05) is 40.3 Å². The molecule has 82 valence electrons. The van der Waals surface area contributed by atoms with Crippen molar-refractivity contribution in [2.24, 2.45) is 11.7 Å². The van der Waals surface area contributed by atoms with Gasteiger partial charge in [0.25, 0.3) is 0 Å². The van der Waals surface area contributed by atoms with Gasteiger partial charge in [0.2, 0.25) is 5.91 Å². The quantitative estimate of drug-likeness (QED) is 0.681. The van der Waals surface area contributed by atoms with Crippen LogP contribution in [-0.4, -0.2) is 56.0 Å². The maximum Gasteiger partial charge on any atom is 0.226 e. The lowest BCUT2D eigenvalue weighted by atomic mass is 9.97. The normalized spacial score (nSPS) is 23.5. The Bertz CT molecular complexity index is 192. The molecule has 0 radical (unpaired) electrons. The number of likely N-dealkylation sites (tertiary alicyclic amines) is 1. The van der Waals surface area contributed by atoms with E-state index in [1.54, 1.807) is 4.90 Å². The van der Waals surface area contributed by atoms with E-state index in [1.807, 2.05) is 14.1 Å². The Morgan fingerprint density at radius 3 is 2.86 bits per heavy atom. The minimum Gasteiger partial charge on any atom is -0.349 e. The van der Waals surface area contributed by atoms with Crippen molar-refractivity contribution in [3.8, 4) is 0 Å². The molecule has 0 spiro atoms. The van der Waals surface area contributed by atoms with Gasteiger partial charge < -0.3 is 15.5 Å². The number of rotatable bonds is 3. The summed E-state index contributed by atoms with van der Waals surface area (Å²) in [5, 5.41) is 0. The zero-order chi connectivity index (χ0) is 10.6. The summed E-state index contributed by atoms with van der Waals surface area (Å²) >= 11 is 0. The van der Waals surface area contributed by atoms with E-state index >= 15 is 0 Å². The van der Waals surface area contributed by atoms with E-state index in [1.165, 1.54) is 0 Å². The summed E-state index contributed by atoms with van der Waals surface area (Å²) in [7, 11) is 3.65. The molecule has 0 aromatic carbocycles. The van der Waals surface area contributed by atoms with Crippen molar-refractivity contribution >= 4 is 5.91 Å². The molecule has 4 nitrogen and oxygen atoms in total. The van der Waals surface area contributed by atoms with Crippen LogP contribution in [0.5, 0.6) is 0 Å². The largest absolute Gasteiger partial charge is 0.349 e. The van der Waals surface area contributed by atoms with Gasteiger partial charge in [-0.2, -0.15) is 0 Å². The van der Waals surface area contributed by atoms with Gasteiger partial charge in [-0.3, -0.25) is 4.79 Å². The van der Waals surface area contributed by atoms with Crippen molar-refractivity contribution in [1.29, 1.82) is 0 Å². The van der Waals surface area contributed by atoms with Crippen molar-refractivity contribution in [3.05, 3.63) is 0 Å². The molecule has 1 aliphatic rings. The first kappa shape index (κ1) is 11.5. The number of piperidine rings is 1. The lowest BCUT2D eigenvalue weighted by molar-refractivity contribution is -0.134. The average Bonchev–Trinajstić information content (AvgIpc) is 2.17. The molecule has 1 aliphatic heterocycles. The van der Waals surface area contributed by atoms with Gasteiger partial charge in [-0.15, -0.1) is 0 Å². The van der Waals surface area contributed by atoms with Gasteiger partial charge in [0.05, 0.1) is 5.92 Å². The van der Waals surface area contributed by atoms with Crippen LogP contribution >= 0.6 is 0 Å². The highest BCUT2D eigenvalue weighted by atomic mass is 16.2. The predicted octanol–water partition coefficient (Wildman–Crippen LogP) is -0.255. The van der Waals surface area contributed by atoms with Crippen LogP contribution in [0.3, 0.4) is 0 Å². The van der Waals surface area contributed by atoms with Gasteiger partial charge >= 0.3 is 0 Å². The van der Waals surface area contributed by atoms with Crippen molar-refractivity contribution in [3.63, 3.8) is 0 Å². The number of carbonyl (C=O) groups is 1. The summed E-state index contributed by atoms with van der Waals surface area (Å²) < 4.78 is 0. The predicted molar refractivity (Wildman–Crippen MR) is 56.9 cm³/mol. The molecule has 1 atom stereocenters. The van der Waals surface area contributed by atoms with Crippen molar-refractivity contribution in [1.82, 2.24) is 9.80 Å². The van der Waals surface area contributed by atoms with Gasteiger partial charge in [0.1, 0.15) is 0 Å². The maximum atomic E-state index is 11.7. The van der Waals surface area contributed by atoms with Crippen LogP contribution in [0.25, 0.3) is 0 Å². The topological polar surface area (TPSA) is 49.6 Å². The van der Waals surface area contributed by atoms with Gasteiger partial charge in [-0.05, 0) is 19.4 Å². The summed E-state index contributed by atoms with van der Waals surface area (Å²) in [5.41, 5.74) is 5.50. The van der Waals surface area contributed by atoms with Crippen LogP contribution in [0.4, 0.5) is 0 Å². The van der Waals surface area contributed by atoms with Crippen LogP contribution in [-0.2, 0) is 4.79 Å². The fraction of sp³-hybridized carbons (Fsp3) is 0.900. The zero-order valence-corrected chi connectivity index (χ0v) is 9.20. The van der Waals surface area contributed by atoms with Gasteiger partial charge in [0, 0.05) is 33.7 Å². The molecule has 1 heterocycles. The molecule has 0 aliphatic carbocycles. The number of carbonyl (C=O) groups excluding carboxylic acids is 1. The van der Waals surface area contributed by atoms with Crippen LogP contribution in [0, 0.1) is 5.92 Å². The maximum absolute atomic E-state index is 11.7. The summed E-state index contributed by atoms with van der Waals surface area (Å²) in [5.74, 6) is 0.442. The lowest BCUT2D eigenvalue weighted by Crippen LogP contribution is -2.44. The van der Waals surface area contributed by atoms with E-state index in [4.69, 9.17) is 5.73 Å². The Kier molecular flexibility index (Phi) is 4.35. The molecule has 0 aromatic rings. The van der Waals surface area contributed by atoms with Crippen LogP contribution < -0.4 is 5.73 Å². The molecule has 14 heavy (non-hydrogen) atoms. The lowest BCUT2D eigenvalue weighted by Gasteiger charge is -2.32. The minimum atomic E-state index is 0.185. The van der Waals surface area contributed by atoms with Gasteiger partial charge in [-0.25, -0.2) is 0 Å². The third kappa shape index (κ3) is 2.96. The first-order valence-corrected chi connectivity index (χ1v) is 5.28. The second kappa shape index (κ2) is 5.32. The molecule has 0 bridgehead atoms. The number of amides is 1. The molecule has 1 unspecified atom stereocenters. The molecule has 4 heteroatoms. The Morgan fingerprint density at radius 1 is 1.57 bits per heavy atom. The smallest absolute Gasteiger partial charge is 0.226 e. The summed E-state index contributed by atoms with van der Waals surface area (Å²) in [6, 6.07) is 0. The standard InChI is InChI=1S/C10H21N3O/c1-12(2)10(14)9-4-3-6-13(8-9)7-5-11/h9H,3-8,11H2,1-2H3. The van der Waals surface area contributed by atoms with Gasteiger partial charge in [-0.1, -0.05) is 0 Å². The Hall–Kier alpha value is -0.610. The number of hydrogen-bond acceptors (Lipinski definition) is 3. The van der Waals surface area contributed by atoms with Crippen LogP contribution in [0.1, 0.15) is 12.8 Å². The Balaban J connectivity index is 2.43. The monoisotopic (exact) mass is 199 g/mol. The minimum absolute atomic E-state index is 0.185. The van der Waals surface area contributed by atoms with E-state index in [0.717, 1.165) is 32.5 Å². The second-order valence-corrected chi connectivity index (χ2v) is 4.16. The second-order valence-electron chi connectivity index (χ2n) is 4.16. The molecular weight excluding hydrogens is 178 g/mol. The molecule has 0 saturated carbocycles. The Morgan fingerprint density at radius 2 is 2.29 bits per heavy atom. The molecule has 0 aromatic heterocycles. The van der Waals surface area contributed by atoms with E-state index in [0.29, 0.717) is 6.54 Å². The molecule has 1 fully saturated rings. The molecular formula is C10H21N3O. The number of hydrogen-bond donors (Lipinski definition) is 1. The van der Waals surface area contributed by atoms with Crippen LogP contribution in [0.15, 0.2) is 0 Å². The summed E-state index contributed by atoms with van der Waals surface area (Å²) in [6.45, 7) is 3.57. The first-order valence-electron chi connectivity index (χ1n) is 5.28. The van der Waals surface area contributed by atoms with E-state index in [-0.39, 0.29) is 11.8 Å². The molecule has 1 rings (SSSR count). The highest BCUT2D eigenvalue weighted by Crippen LogP contribution is 2.17. The van der Waals surface area contributed by atoms with Crippen LogP contribution in [0.2, 0.25) is 0 Å². The molecule has 1 amide bonds. The highest BCUT2D eigenvalue weighted by molar-refractivity contribution is 5.78. The van der Waals surface area contributed by atoms with E-state index in [2.05, 4.69) is 4.90 Å². The SMILES string of the molecule is CN(C)C(=O)C1CCCN(CCN)C1. The molecule has 2 N–H and O–H groups in total. The third-order valence-electron chi connectivity index (χ3n) is 2.74. The van der Waals surface area contributed by atoms with E-state index in [9.17, 15) is 4.79 Å². The summed E-state index contributed by atoms with van der Waals surface area (Å²) in [4.78, 5) is 15.7. The average molecular weight is 199 g/mol. The highest BCUT2D eigenvalue weighted by Gasteiger charge is 2.26. The Labute approximate surface area is 86.0 Å². The number of nitrogens with two attached hydrogens (primary N) is 1. The molecule has 1 saturated heterocycles. The number of nitrogens with zero attached hydrogens (tertiary/aromatic N) is 2. The fourth-order valence-corrected chi connectivity index (χ4v) is 2.01. The first-order chi connectivity index (χ1) is 6.65. The summed E-state index contributed by atoms with van der Waals surface area (Å²) in [6.07, 6.45) is 2.14. The van der Waals surface area contributed by atoms with Gasteiger partial charge in [0.15, 0.2) is 0 Å². The van der Waals surface area contributed by atoms with E-state index < -0.39 is 0 Å². The van der Waals surface area contributed by atoms with Crippen molar-refractivity contribution < 1.29 is 4.79 Å². The van der Waals surface area contributed by atoms with Crippen molar-refractivity contribution in [2.45, 2.75) is 12.8 Å².